The molecule has 2 aliphatic heterocycles. The number of aryl methyl sites for hydroxylation is 2. The van der Waals surface area contributed by atoms with Crippen molar-refractivity contribution in [1.82, 2.24) is 34.1 Å². The van der Waals surface area contributed by atoms with Gasteiger partial charge in [-0.25, -0.2) is 9.97 Å². The third kappa shape index (κ3) is 7.23. The molecule has 240 valence electrons. The van der Waals surface area contributed by atoms with Gasteiger partial charge in [0, 0.05) is 58.4 Å². The summed E-state index contributed by atoms with van der Waals surface area (Å²) < 4.78 is 7.18. The summed E-state index contributed by atoms with van der Waals surface area (Å²) in [6, 6.07) is 5.93. The molecule has 2 aliphatic rings. The molecule has 2 fully saturated rings. The van der Waals surface area contributed by atoms with Crippen molar-refractivity contribution in [2.75, 3.05) is 65.8 Å². The van der Waals surface area contributed by atoms with Crippen molar-refractivity contribution < 1.29 is 19.1 Å². The number of quaternary nitrogens is 1. The number of aromatic nitrogens is 3. The summed E-state index contributed by atoms with van der Waals surface area (Å²) in [5, 5.41) is 4.06. The number of carbonyl (C=O) groups is 3. The minimum atomic E-state index is -0.105. The van der Waals surface area contributed by atoms with Gasteiger partial charge in [0.25, 0.3) is 5.91 Å². The second-order valence-corrected chi connectivity index (χ2v) is 14.2. The number of piperazine rings is 1. The Bertz CT molecular complexity index is 1610. The van der Waals surface area contributed by atoms with Gasteiger partial charge < -0.3 is 24.8 Å². The van der Waals surface area contributed by atoms with E-state index in [-0.39, 0.29) is 23.8 Å². The molecule has 0 aliphatic carbocycles. The maximum atomic E-state index is 13.5. The molecule has 2 atom stereocenters. The van der Waals surface area contributed by atoms with Gasteiger partial charge in [-0.15, -0.1) is 0 Å². The van der Waals surface area contributed by atoms with Gasteiger partial charge in [0.15, 0.2) is 5.13 Å². The predicted octanol–water partition coefficient (Wildman–Crippen LogP) is 3.95. The Labute approximate surface area is 272 Å². The number of benzene rings is 1. The van der Waals surface area contributed by atoms with E-state index in [1.165, 1.54) is 11.3 Å². The quantitative estimate of drug-likeness (QED) is 0.361. The Morgan fingerprint density at radius 3 is 2.47 bits per heavy atom. The van der Waals surface area contributed by atoms with Crippen LogP contribution in [0.3, 0.4) is 0 Å². The fourth-order valence-corrected chi connectivity index (χ4v) is 7.79. The van der Waals surface area contributed by atoms with E-state index in [1.807, 2.05) is 50.2 Å². The van der Waals surface area contributed by atoms with Crippen LogP contribution in [0.1, 0.15) is 42.0 Å². The minimum Gasteiger partial charge on any atom is -0.496 e. The highest BCUT2D eigenvalue weighted by atomic mass is 32.2. The predicted molar refractivity (Wildman–Crippen MR) is 176 cm³/mol. The van der Waals surface area contributed by atoms with Crippen molar-refractivity contribution >= 4 is 57.6 Å². The maximum absolute atomic E-state index is 13.5. The summed E-state index contributed by atoms with van der Waals surface area (Å²) in [4.78, 5) is 57.5. The smallest absolute Gasteiger partial charge is 0.257 e. The Balaban J connectivity index is 1.30. The lowest BCUT2D eigenvalue weighted by molar-refractivity contribution is -0.130. The van der Waals surface area contributed by atoms with Crippen LogP contribution in [0.15, 0.2) is 33.5 Å². The number of thiazole rings is 1. The molecule has 3 aromatic rings. The van der Waals surface area contributed by atoms with Crippen LogP contribution < -0.4 is 14.5 Å². The summed E-state index contributed by atoms with van der Waals surface area (Å²) in [6.45, 7) is 10.7. The first kappa shape index (κ1) is 32.6. The molecular weight excluding hydrogens is 613 g/mol. The molecular formula is C31H41N8O4S2+. The highest BCUT2D eigenvalue weighted by Gasteiger charge is 2.40. The Kier molecular flexibility index (Phi) is 9.65. The number of hydrogen-bond donors (Lipinski definition) is 1. The number of carbonyl (C=O) groups excluding carboxylic acids is 3. The molecule has 14 heteroatoms. The molecule has 5 rings (SSSR count). The van der Waals surface area contributed by atoms with E-state index in [9.17, 15) is 14.4 Å². The van der Waals surface area contributed by atoms with Crippen LogP contribution in [0.25, 0.3) is 0 Å². The molecule has 0 radical (unpaired) electrons. The molecule has 1 N–H and O–H groups in total. The van der Waals surface area contributed by atoms with E-state index < -0.39 is 0 Å². The largest absolute Gasteiger partial charge is 0.496 e. The van der Waals surface area contributed by atoms with E-state index in [0.717, 1.165) is 40.0 Å². The first-order valence-corrected chi connectivity index (χ1v) is 16.6. The summed E-state index contributed by atoms with van der Waals surface area (Å²) >= 11 is 3.05. The fourth-order valence-electron chi connectivity index (χ4n) is 5.84. The molecule has 0 saturated carbocycles. The lowest BCUT2D eigenvalue weighted by atomic mass is 10.1. The summed E-state index contributed by atoms with van der Waals surface area (Å²) in [7, 11) is 5.59. The number of likely N-dealkylation sites (tertiary alicyclic amines) is 1. The SMILES string of the molecule is COc1cc(C)c(Sc2cnc(Nc3cc([N+]4(C)CCC(N(C)C(C)=O)C4)nc(C)n3)s2)cc1C(=O)N1CCN(C(C)=O)CC1. The second kappa shape index (κ2) is 13.3. The lowest BCUT2D eigenvalue weighted by Gasteiger charge is -2.34. The van der Waals surface area contributed by atoms with Crippen LogP contribution in [0, 0.1) is 13.8 Å². The summed E-state index contributed by atoms with van der Waals surface area (Å²) in [6.07, 6.45) is 2.73. The molecule has 2 unspecified atom stereocenters. The van der Waals surface area contributed by atoms with Crippen LogP contribution in [-0.2, 0) is 9.59 Å². The normalized spacial score (nSPS) is 19.8. The van der Waals surface area contributed by atoms with Crippen molar-refractivity contribution in [1.29, 1.82) is 0 Å². The van der Waals surface area contributed by atoms with Gasteiger partial charge in [0.2, 0.25) is 17.6 Å². The fraction of sp³-hybridized carbons (Fsp3) is 0.484. The number of likely N-dealkylation sites (N-methyl/N-ethyl adjacent to an activating group) is 2. The molecule has 4 heterocycles. The third-order valence-electron chi connectivity index (χ3n) is 8.66. The average Bonchev–Trinajstić information content (AvgIpc) is 3.63. The number of nitrogens with one attached hydrogen (secondary N) is 1. The topological polar surface area (TPSA) is 121 Å². The third-order valence-corrected chi connectivity index (χ3v) is 10.8. The van der Waals surface area contributed by atoms with Crippen LogP contribution in [0.5, 0.6) is 5.75 Å². The van der Waals surface area contributed by atoms with Gasteiger partial charge in [0.1, 0.15) is 23.9 Å². The highest BCUT2D eigenvalue weighted by molar-refractivity contribution is 8.01. The standard InChI is InChI=1S/C31H41N8O4S2/c1-19-14-25(43-7)24(30(42)38-11-9-37(10-12-38)22(4)41)15-26(19)44-29-17-32-31(45-29)35-27-16-28(34-20(2)33-27)39(6)13-8-23(18-39)36(5)21(3)40/h14-17,23H,8-13,18H2,1-7H3,(H,32,33,34,35)/q+1. The number of ether oxygens (including phenoxy) is 1. The molecule has 0 bridgehead atoms. The zero-order valence-corrected chi connectivity index (χ0v) is 28.5. The lowest BCUT2D eigenvalue weighted by Crippen LogP contribution is -2.50. The van der Waals surface area contributed by atoms with E-state index >= 15 is 0 Å². The number of amides is 3. The molecule has 45 heavy (non-hydrogen) atoms. The van der Waals surface area contributed by atoms with Gasteiger partial charge in [-0.3, -0.25) is 18.9 Å². The summed E-state index contributed by atoms with van der Waals surface area (Å²) in [5.74, 6) is 2.77. The number of nitrogens with zero attached hydrogens (tertiary/aromatic N) is 7. The first-order valence-electron chi connectivity index (χ1n) is 14.9. The van der Waals surface area contributed by atoms with Crippen molar-refractivity contribution in [2.24, 2.45) is 0 Å². The van der Waals surface area contributed by atoms with E-state index in [0.29, 0.717) is 58.7 Å². The van der Waals surface area contributed by atoms with Crippen LogP contribution >= 0.6 is 23.1 Å². The molecule has 12 nitrogen and oxygen atoms in total. The van der Waals surface area contributed by atoms with Crippen molar-refractivity contribution in [3.8, 4) is 5.75 Å². The van der Waals surface area contributed by atoms with Crippen molar-refractivity contribution in [2.45, 2.75) is 49.3 Å². The maximum Gasteiger partial charge on any atom is 0.257 e. The van der Waals surface area contributed by atoms with Gasteiger partial charge in [-0.1, -0.05) is 23.1 Å². The summed E-state index contributed by atoms with van der Waals surface area (Å²) in [5.41, 5.74) is 1.49. The molecule has 2 saturated heterocycles. The number of hydrogen-bond acceptors (Lipinski definition) is 10. The van der Waals surface area contributed by atoms with Crippen LogP contribution in [-0.4, -0.2) is 114 Å². The zero-order chi connectivity index (χ0) is 32.5. The van der Waals surface area contributed by atoms with Crippen molar-refractivity contribution in [3.05, 3.63) is 41.3 Å². The highest BCUT2D eigenvalue weighted by Crippen LogP contribution is 2.39. The van der Waals surface area contributed by atoms with Gasteiger partial charge >= 0.3 is 0 Å². The molecule has 1 aromatic carbocycles. The first-order chi connectivity index (χ1) is 21.4. The van der Waals surface area contributed by atoms with E-state index in [1.54, 1.807) is 42.5 Å². The van der Waals surface area contributed by atoms with E-state index in [4.69, 9.17) is 9.72 Å². The van der Waals surface area contributed by atoms with Crippen LogP contribution in [0.4, 0.5) is 16.8 Å². The number of anilines is 2. The number of methoxy groups -OCH3 is 1. The second-order valence-electron chi connectivity index (χ2n) is 11.9. The monoisotopic (exact) mass is 653 g/mol. The number of rotatable bonds is 8. The Morgan fingerprint density at radius 2 is 1.80 bits per heavy atom. The van der Waals surface area contributed by atoms with Gasteiger partial charge in [-0.05, 0) is 31.5 Å². The van der Waals surface area contributed by atoms with E-state index in [2.05, 4.69) is 22.3 Å². The van der Waals surface area contributed by atoms with Crippen molar-refractivity contribution in [3.63, 3.8) is 0 Å². The molecule has 3 amide bonds. The molecule has 2 aromatic heterocycles. The minimum absolute atomic E-state index is 0.0250. The zero-order valence-electron chi connectivity index (χ0n) is 26.9. The van der Waals surface area contributed by atoms with Crippen LogP contribution in [0.2, 0.25) is 0 Å². The Hall–Kier alpha value is -3.75. The van der Waals surface area contributed by atoms with Gasteiger partial charge in [0.05, 0.1) is 48.8 Å². The Morgan fingerprint density at radius 1 is 1.09 bits per heavy atom. The average molecular weight is 654 g/mol. The van der Waals surface area contributed by atoms with Gasteiger partial charge in [-0.2, -0.15) is 4.98 Å². The molecule has 0 spiro atoms.